The van der Waals surface area contributed by atoms with E-state index in [0.29, 0.717) is 36.0 Å². The standard InChI is InChI=1S/C22H30O3/c1-12-4-7-19-20-17(8-9-22(12,19)3)16-6-5-15(24)10-14(16)11-18(20)21(25)13(2)23/h10,12,18-21,25H,4-9,11H2,1-3H3/t12-,18+,19+,20+,21?,22-/m1/s1. The molecule has 4 aliphatic carbocycles. The maximum Gasteiger partial charge on any atom is 0.158 e. The fourth-order valence-electron chi connectivity index (χ4n) is 6.50. The number of aliphatic hydroxyl groups excluding tert-OH is 1. The van der Waals surface area contributed by atoms with Crippen molar-refractivity contribution in [3.63, 3.8) is 0 Å². The van der Waals surface area contributed by atoms with E-state index in [0.717, 1.165) is 18.4 Å². The van der Waals surface area contributed by atoms with Crippen LogP contribution in [0.15, 0.2) is 22.8 Å². The molecule has 4 rings (SSSR count). The molecular weight excluding hydrogens is 312 g/mol. The van der Waals surface area contributed by atoms with E-state index in [1.54, 1.807) is 6.08 Å². The van der Waals surface area contributed by atoms with Crippen molar-refractivity contribution in [2.24, 2.45) is 29.1 Å². The van der Waals surface area contributed by atoms with E-state index in [1.165, 1.54) is 37.3 Å². The molecule has 0 aromatic heterocycles. The third-order valence-corrected chi connectivity index (χ3v) is 8.12. The number of hydrogen-bond acceptors (Lipinski definition) is 3. The lowest BCUT2D eigenvalue weighted by atomic mass is 9.52. The van der Waals surface area contributed by atoms with Gasteiger partial charge in [-0.1, -0.05) is 19.4 Å². The average Bonchev–Trinajstić information content (AvgIpc) is 2.88. The fourth-order valence-corrected chi connectivity index (χ4v) is 6.50. The molecule has 1 N–H and O–H groups in total. The van der Waals surface area contributed by atoms with Gasteiger partial charge in [-0.3, -0.25) is 9.59 Å². The smallest absolute Gasteiger partial charge is 0.158 e. The van der Waals surface area contributed by atoms with Crippen LogP contribution in [-0.4, -0.2) is 22.8 Å². The molecule has 136 valence electrons. The summed E-state index contributed by atoms with van der Waals surface area (Å²) in [4.78, 5) is 24.0. The van der Waals surface area contributed by atoms with Gasteiger partial charge in [-0.05, 0) is 85.8 Å². The number of allylic oxidation sites excluding steroid dienone is 4. The molecule has 1 unspecified atom stereocenters. The molecule has 6 atom stereocenters. The van der Waals surface area contributed by atoms with Crippen molar-refractivity contribution in [3.8, 4) is 0 Å². The van der Waals surface area contributed by atoms with Gasteiger partial charge >= 0.3 is 0 Å². The highest BCUT2D eigenvalue weighted by Crippen LogP contribution is 2.63. The normalized spacial score (nSPS) is 41.6. The summed E-state index contributed by atoms with van der Waals surface area (Å²) in [7, 11) is 0. The van der Waals surface area contributed by atoms with Crippen LogP contribution in [-0.2, 0) is 9.59 Å². The van der Waals surface area contributed by atoms with Crippen molar-refractivity contribution < 1.29 is 14.7 Å². The Balaban J connectivity index is 1.82. The maximum atomic E-state index is 12.0. The highest BCUT2D eigenvalue weighted by Gasteiger charge is 2.55. The second-order valence-electron chi connectivity index (χ2n) is 9.18. The molecule has 25 heavy (non-hydrogen) atoms. The van der Waals surface area contributed by atoms with Gasteiger partial charge in [0.25, 0.3) is 0 Å². The van der Waals surface area contributed by atoms with Crippen molar-refractivity contribution in [2.75, 3.05) is 0 Å². The van der Waals surface area contributed by atoms with Crippen LogP contribution in [0.25, 0.3) is 0 Å². The summed E-state index contributed by atoms with van der Waals surface area (Å²) in [6, 6.07) is 0. The average molecular weight is 342 g/mol. The molecule has 0 aromatic rings. The Morgan fingerprint density at radius 1 is 1.28 bits per heavy atom. The summed E-state index contributed by atoms with van der Waals surface area (Å²) in [6.45, 7) is 6.31. The van der Waals surface area contributed by atoms with Gasteiger partial charge in [0.1, 0.15) is 6.10 Å². The van der Waals surface area contributed by atoms with Crippen LogP contribution >= 0.6 is 0 Å². The Morgan fingerprint density at radius 2 is 2.04 bits per heavy atom. The first-order valence-corrected chi connectivity index (χ1v) is 9.97. The Labute approximate surface area is 150 Å². The molecule has 0 radical (unpaired) electrons. The molecule has 2 fully saturated rings. The Hall–Kier alpha value is -1.22. The Morgan fingerprint density at radius 3 is 2.76 bits per heavy atom. The number of rotatable bonds is 2. The van der Waals surface area contributed by atoms with Crippen molar-refractivity contribution >= 4 is 11.6 Å². The lowest BCUT2D eigenvalue weighted by molar-refractivity contribution is -0.130. The molecule has 0 amide bonds. The van der Waals surface area contributed by atoms with E-state index >= 15 is 0 Å². The molecule has 0 saturated heterocycles. The summed E-state index contributed by atoms with van der Waals surface area (Å²) < 4.78 is 0. The van der Waals surface area contributed by atoms with Gasteiger partial charge in [-0.25, -0.2) is 0 Å². The summed E-state index contributed by atoms with van der Waals surface area (Å²) in [5.41, 5.74) is 4.32. The van der Waals surface area contributed by atoms with Gasteiger partial charge < -0.3 is 5.11 Å². The lowest BCUT2D eigenvalue weighted by Gasteiger charge is -2.52. The summed E-state index contributed by atoms with van der Waals surface area (Å²) in [5.74, 6) is 1.62. The Bertz CT molecular complexity index is 685. The van der Waals surface area contributed by atoms with Crippen LogP contribution in [0.4, 0.5) is 0 Å². The molecule has 3 heteroatoms. The zero-order valence-electron chi connectivity index (χ0n) is 15.7. The third kappa shape index (κ3) is 2.50. The Kier molecular flexibility index (Phi) is 4.06. The lowest BCUT2D eigenvalue weighted by Crippen LogP contribution is -2.47. The molecule has 3 nitrogen and oxygen atoms in total. The van der Waals surface area contributed by atoms with E-state index in [2.05, 4.69) is 13.8 Å². The number of carbonyl (C=O) groups excluding carboxylic acids is 2. The van der Waals surface area contributed by atoms with Crippen LogP contribution in [0.3, 0.4) is 0 Å². The topological polar surface area (TPSA) is 54.4 Å². The van der Waals surface area contributed by atoms with Gasteiger partial charge in [0, 0.05) is 12.3 Å². The maximum absolute atomic E-state index is 12.0. The van der Waals surface area contributed by atoms with Crippen molar-refractivity contribution in [2.45, 2.75) is 71.8 Å². The SMILES string of the molecule is CC(=O)C(O)[C@H]1CC2=CC(=O)CCC2=C2CC[C@]3(C)[C@H](C)CC[C@H]3[C@@H]21. The number of ketones is 2. The van der Waals surface area contributed by atoms with Gasteiger partial charge in [-0.15, -0.1) is 0 Å². The van der Waals surface area contributed by atoms with Crippen molar-refractivity contribution in [1.82, 2.24) is 0 Å². The van der Waals surface area contributed by atoms with Gasteiger partial charge in [-0.2, -0.15) is 0 Å². The number of carbonyl (C=O) groups is 2. The summed E-state index contributed by atoms with van der Waals surface area (Å²) >= 11 is 0. The molecule has 2 saturated carbocycles. The zero-order valence-corrected chi connectivity index (χ0v) is 15.7. The van der Waals surface area contributed by atoms with Gasteiger partial charge in [0.2, 0.25) is 0 Å². The van der Waals surface area contributed by atoms with Crippen molar-refractivity contribution in [3.05, 3.63) is 22.8 Å². The largest absolute Gasteiger partial charge is 0.385 e. The summed E-state index contributed by atoms with van der Waals surface area (Å²) in [6.07, 6.45) is 7.80. The predicted molar refractivity (Wildman–Crippen MR) is 96.9 cm³/mol. The predicted octanol–water partition coefficient (Wildman–Crippen LogP) is 4.00. The van der Waals surface area contributed by atoms with Gasteiger partial charge in [0.15, 0.2) is 11.6 Å². The van der Waals surface area contributed by atoms with E-state index in [9.17, 15) is 14.7 Å². The quantitative estimate of drug-likeness (QED) is 0.825. The molecule has 0 bridgehead atoms. The second kappa shape index (κ2) is 5.90. The van der Waals surface area contributed by atoms with E-state index in [1.807, 2.05) is 0 Å². The van der Waals surface area contributed by atoms with Crippen LogP contribution in [0.5, 0.6) is 0 Å². The first-order valence-electron chi connectivity index (χ1n) is 9.97. The minimum atomic E-state index is -0.905. The highest BCUT2D eigenvalue weighted by atomic mass is 16.3. The fraction of sp³-hybridized carbons (Fsp3) is 0.727. The molecule has 0 aliphatic heterocycles. The molecule has 0 heterocycles. The van der Waals surface area contributed by atoms with Gasteiger partial charge in [0.05, 0.1) is 0 Å². The van der Waals surface area contributed by atoms with E-state index in [-0.39, 0.29) is 17.5 Å². The second-order valence-corrected chi connectivity index (χ2v) is 9.18. The molecule has 0 spiro atoms. The van der Waals surface area contributed by atoms with Crippen LogP contribution < -0.4 is 0 Å². The van der Waals surface area contributed by atoms with Crippen LogP contribution in [0.1, 0.15) is 65.7 Å². The molecular formula is C22H30O3. The minimum Gasteiger partial charge on any atom is -0.385 e. The van der Waals surface area contributed by atoms with Crippen molar-refractivity contribution in [1.29, 1.82) is 0 Å². The monoisotopic (exact) mass is 342 g/mol. The van der Waals surface area contributed by atoms with E-state index in [4.69, 9.17) is 0 Å². The first-order chi connectivity index (χ1) is 11.8. The number of Topliss-reactive ketones (excluding diaryl/α,β-unsaturated/α-hetero) is 1. The molecule has 0 aromatic carbocycles. The van der Waals surface area contributed by atoms with E-state index < -0.39 is 6.10 Å². The number of aliphatic hydroxyl groups is 1. The minimum absolute atomic E-state index is 0.0525. The molecule has 4 aliphatic rings. The number of fused-ring (bicyclic) bond motifs is 4. The van der Waals surface area contributed by atoms with Crippen LogP contribution in [0.2, 0.25) is 0 Å². The van der Waals surface area contributed by atoms with Crippen LogP contribution in [0, 0.1) is 29.1 Å². The zero-order chi connectivity index (χ0) is 17.9. The number of hydrogen-bond donors (Lipinski definition) is 1. The highest BCUT2D eigenvalue weighted by molar-refractivity contribution is 5.93. The third-order valence-electron chi connectivity index (χ3n) is 8.12. The first kappa shape index (κ1) is 17.2. The summed E-state index contributed by atoms with van der Waals surface area (Å²) in [5, 5.41) is 10.7.